The maximum absolute atomic E-state index is 13.3. The lowest BCUT2D eigenvalue weighted by Crippen LogP contribution is -2.42. The SMILES string of the molecule is CC1CC(C)CN(S(=O)(=O)c2cccc(C(=O)N3CCC(c4nc5ccccc5s4)CC3)c2)C1. The van der Waals surface area contributed by atoms with Crippen molar-refractivity contribution < 1.29 is 13.2 Å². The molecular weight excluding hydrogens is 466 g/mol. The molecule has 2 atom stereocenters. The molecule has 2 saturated heterocycles. The summed E-state index contributed by atoms with van der Waals surface area (Å²) in [5.41, 5.74) is 1.48. The molecule has 180 valence electrons. The van der Waals surface area contributed by atoms with E-state index in [1.54, 1.807) is 39.9 Å². The number of thiazole rings is 1. The Kier molecular flexibility index (Phi) is 6.48. The van der Waals surface area contributed by atoms with Crippen molar-refractivity contribution >= 4 is 37.5 Å². The van der Waals surface area contributed by atoms with Crippen LogP contribution in [0.5, 0.6) is 0 Å². The minimum atomic E-state index is -3.62. The number of hydrogen-bond donors (Lipinski definition) is 0. The number of rotatable bonds is 4. The van der Waals surface area contributed by atoms with Gasteiger partial charge >= 0.3 is 0 Å². The summed E-state index contributed by atoms with van der Waals surface area (Å²) in [4.78, 5) is 20.1. The molecule has 5 rings (SSSR count). The molecule has 2 aliphatic rings. The van der Waals surface area contributed by atoms with Crippen molar-refractivity contribution in [3.8, 4) is 0 Å². The van der Waals surface area contributed by atoms with Gasteiger partial charge in [-0.15, -0.1) is 11.3 Å². The molecule has 3 aromatic rings. The summed E-state index contributed by atoms with van der Waals surface area (Å²) in [6.07, 6.45) is 2.78. The lowest BCUT2D eigenvalue weighted by molar-refractivity contribution is 0.0712. The van der Waals surface area contributed by atoms with Crippen LogP contribution in [0.15, 0.2) is 53.4 Å². The highest BCUT2D eigenvalue weighted by Gasteiger charge is 2.32. The van der Waals surface area contributed by atoms with Crippen molar-refractivity contribution in [1.29, 1.82) is 0 Å². The third kappa shape index (κ3) is 4.63. The zero-order chi connectivity index (χ0) is 23.9. The Morgan fingerprint density at radius 3 is 2.41 bits per heavy atom. The molecule has 8 heteroatoms. The largest absolute Gasteiger partial charge is 0.339 e. The minimum Gasteiger partial charge on any atom is -0.339 e. The zero-order valence-electron chi connectivity index (χ0n) is 19.7. The Morgan fingerprint density at radius 1 is 1.00 bits per heavy atom. The van der Waals surface area contributed by atoms with Gasteiger partial charge in [-0.05, 0) is 61.4 Å². The predicted molar refractivity (Wildman–Crippen MR) is 136 cm³/mol. The van der Waals surface area contributed by atoms with Crippen molar-refractivity contribution in [3.63, 3.8) is 0 Å². The van der Waals surface area contributed by atoms with E-state index in [1.807, 2.05) is 23.1 Å². The van der Waals surface area contributed by atoms with Crippen molar-refractivity contribution in [1.82, 2.24) is 14.2 Å². The number of carbonyl (C=O) groups excluding carboxylic acids is 1. The molecule has 6 nitrogen and oxygen atoms in total. The van der Waals surface area contributed by atoms with Crippen LogP contribution in [0.1, 0.15) is 54.4 Å². The smallest absolute Gasteiger partial charge is 0.253 e. The van der Waals surface area contributed by atoms with Crippen molar-refractivity contribution in [2.24, 2.45) is 11.8 Å². The second kappa shape index (κ2) is 9.40. The molecular formula is C26H31N3O3S2. The van der Waals surface area contributed by atoms with Gasteiger partial charge < -0.3 is 4.90 Å². The molecule has 0 bridgehead atoms. The van der Waals surface area contributed by atoms with Crippen molar-refractivity contribution in [2.75, 3.05) is 26.2 Å². The van der Waals surface area contributed by atoms with Gasteiger partial charge in [0, 0.05) is 37.7 Å². The number of piperidine rings is 2. The number of hydrogen-bond acceptors (Lipinski definition) is 5. The van der Waals surface area contributed by atoms with Gasteiger partial charge in [0.15, 0.2) is 0 Å². The molecule has 2 aromatic carbocycles. The molecule has 1 aromatic heterocycles. The van der Waals surface area contributed by atoms with E-state index in [0.717, 1.165) is 29.8 Å². The van der Waals surface area contributed by atoms with E-state index in [-0.39, 0.29) is 10.8 Å². The highest BCUT2D eigenvalue weighted by atomic mass is 32.2. The zero-order valence-corrected chi connectivity index (χ0v) is 21.3. The van der Waals surface area contributed by atoms with Gasteiger partial charge in [0.1, 0.15) is 0 Å². The van der Waals surface area contributed by atoms with Crippen LogP contribution in [-0.2, 0) is 10.0 Å². The lowest BCUT2D eigenvalue weighted by Gasteiger charge is -2.34. The van der Waals surface area contributed by atoms with Gasteiger partial charge in [0.05, 0.1) is 20.1 Å². The minimum absolute atomic E-state index is 0.0971. The maximum atomic E-state index is 13.3. The third-order valence-electron chi connectivity index (χ3n) is 7.00. The molecule has 0 radical (unpaired) electrons. The molecule has 0 saturated carbocycles. The second-order valence-electron chi connectivity index (χ2n) is 9.88. The van der Waals surface area contributed by atoms with E-state index in [1.165, 1.54) is 4.70 Å². The molecule has 34 heavy (non-hydrogen) atoms. The Balaban J connectivity index is 1.28. The van der Waals surface area contributed by atoms with Crippen LogP contribution in [-0.4, -0.2) is 54.7 Å². The molecule has 2 fully saturated rings. The Bertz CT molecular complexity index is 1250. The lowest BCUT2D eigenvalue weighted by atomic mass is 9.94. The number of benzene rings is 2. The molecule has 3 heterocycles. The summed E-state index contributed by atoms with van der Waals surface area (Å²) >= 11 is 1.74. The number of amides is 1. The summed E-state index contributed by atoms with van der Waals surface area (Å²) < 4.78 is 29.4. The van der Waals surface area contributed by atoms with Gasteiger partial charge in [-0.1, -0.05) is 32.0 Å². The average molecular weight is 498 g/mol. The second-order valence-corrected chi connectivity index (χ2v) is 12.9. The normalized spacial score (nSPS) is 22.8. The van der Waals surface area contributed by atoms with Gasteiger partial charge in [0.2, 0.25) is 10.0 Å². The van der Waals surface area contributed by atoms with Crippen LogP contribution in [0.4, 0.5) is 0 Å². The standard InChI is InChI=1S/C26H31N3O3S2/c1-18-14-19(2)17-29(16-18)34(31,32)22-7-5-6-21(15-22)26(30)28-12-10-20(11-13-28)25-27-23-8-3-4-9-24(23)33-25/h3-9,15,18-20H,10-14,16-17H2,1-2H3. The first-order valence-electron chi connectivity index (χ1n) is 12.1. The number of nitrogens with zero attached hydrogens (tertiary/aromatic N) is 3. The predicted octanol–water partition coefficient (Wildman–Crippen LogP) is 4.98. The molecule has 2 aliphatic heterocycles. The third-order valence-corrected chi connectivity index (χ3v) is 10.0. The topological polar surface area (TPSA) is 70.6 Å². The maximum Gasteiger partial charge on any atom is 0.253 e. The summed E-state index contributed by atoms with van der Waals surface area (Å²) in [5, 5.41) is 1.14. The first-order chi connectivity index (χ1) is 16.3. The van der Waals surface area contributed by atoms with Crippen LogP contribution in [0, 0.1) is 11.8 Å². The van der Waals surface area contributed by atoms with Crippen LogP contribution in [0.2, 0.25) is 0 Å². The fourth-order valence-electron chi connectivity index (χ4n) is 5.32. The Labute approximate surface area is 205 Å². The van der Waals surface area contributed by atoms with E-state index >= 15 is 0 Å². The molecule has 0 aliphatic carbocycles. The highest BCUT2D eigenvalue weighted by Crippen LogP contribution is 2.34. The van der Waals surface area contributed by atoms with E-state index in [9.17, 15) is 13.2 Å². The van der Waals surface area contributed by atoms with Gasteiger partial charge in [0.25, 0.3) is 5.91 Å². The van der Waals surface area contributed by atoms with E-state index < -0.39 is 10.0 Å². The number of sulfonamides is 1. The monoisotopic (exact) mass is 497 g/mol. The number of likely N-dealkylation sites (tertiary alicyclic amines) is 1. The summed E-state index contributed by atoms with van der Waals surface area (Å²) in [6.45, 7) is 6.55. The number of para-hydroxylation sites is 1. The van der Waals surface area contributed by atoms with E-state index in [0.29, 0.717) is 49.5 Å². The quantitative estimate of drug-likeness (QED) is 0.510. The van der Waals surface area contributed by atoms with Crippen LogP contribution in [0.3, 0.4) is 0 Å². The van der Waals surface area contributed by atoms with Gasteiger partial charge in [-0.25, -0.2) is 13.4 Å². The van der Waals surface area contributed by atoms with Crippen LogP contribution >= 0.6 is 11.3 Å². The molecule has 0 spiro atoms. The van der Waals surface area contributed by atoms with Crippen LogP contribution in [0.25, 0.3) is 10.2 Å². The number of carbonyl (C=O) groups is 1. The number of aromatic nitrogens is 1. The molecule has 1 amide bonds. The summed E-state index contributed by atoms with van der Waals surface area (Å²) in [7, 11) is -3.62. The van der Waals surface area contributed by atoms with Crippen LogP contribution < -0.4 is 0 Å². The van der Waals surface area contributed by atoms with Crippen molar-refractivity contribution in [3.05, 3.63) is 59.1 Å². The van der Waals surface area contributed by atoms with Gasteiger partial charge in [-0.2, -0.15) is 4.31 Å². The molecule has 0 N–H and O–H groups in total. The Hall–Kier alpha value is -2.29. The fraction of sp³-hybridized carbons (Fsp3) is 0.462. The summed E-state index contributed by atoms with van der Waals surface area (Å²) in [5.74, 6) is 0.927. The first kappa shape index (κ1) is 23.5. The summed E-state index contributed by atoms with van der Waals surface area (Å²) in [6, 6.07) is 14.8. The van der Waals surface area contributed by atoms with Crippen molar-refractivity contribution in [2.45, 2.75) is 43.9 Å². The average Bonchev–Trinajstić information content (AvgIpc) is 3.27. The van der Waals surface area contributed by atoms with E-state index in [4.69, 9.17) is 4.98 Å². The first-order valence-corrected chi connectivity index (χ1v) is 14.3. The molecule has 2 unspecified atom stereocenters. The Morgan fingerprint density at radius 2 is 1.71 bits per heavy atom. The van der Waals surface area contributed by atoms with E-state index in [2.05, 4.69) is 19.9 Å². The fourth-order valence-corrected chi connectivity index (χ4v) is 8.18. The van der Waals surface area contributed by atoms with Gasteiger partial charge in [-0.3, -0.25) is 4.79 Å². The highest BCUT2D eigenvalue weighted by molar-refractivity contribution is 7.89. The number of fused-ring (bicyclic) bond motifs is 1.